The third-order valence-corrected chi connectivity index (χ3v) is 12.0. The number of nitrogens with zero attached hydrogens (tertiary/aromatic N) is 5. The fourth-order valence-electron chi connectivity index (χ4n) is 7.44. The van der Waals surface area contributed by atoms with E-state index < -0.39 is 35.7 Å². The molecular weight excluding hydrogens is 784 g/mol. The summed E-state index contributed by atoms with van der Waals surface area (Å²) in [6.07, 6.45) is 3.47. The second-order valence-electron chi connectivity index (χ2n) is 14.6. The van der Waals surface area contributed by atoms with Crippen LogP contribution in [0, 0.1) is 20.8 Å². The molecule has 0 radical (unpaired) electrons. The first-order valence-corrected chi connectivity index (χ1v) is 20.6. The van der Waals surface area contributed by atoms with Crippen LogP contribution in [0.4, 0.5) is 0 Å². The van der Waals surface area contributed by atoms with Crippen LogP contribution in [0.25, 0.3) is 5.00 Å². The molecule has 1 N–H and O–H groups in total. The molecule has 16 heteroatoms. The number of aryl methyl sites for hydroxylation is 2. The number of Topliss-reactive ketones (excluding diaryl/α,β-unsaturated/α-hetero) is 2. The number of thiophene rings is 1. The first-order chi connectivity index (χ1) is 27.9. The fraction of sp³-hybridized carbons (Fsp3) is 0.405. The predicted molar refractivity (Wildman–Crippen MR) is 215 cm³/mol. The smallest absolute Gasteiger partial charge is 0.266 e. The molecule has 58 heavy (non-hydrogen) atoms. The van der Waals surface area contributed by atoms with E-state index in [9.17, 15) is 28.8 Å². The molecular formula is C42H43ClN6O8S. The van der Waals surface area contributed by atoms with Gasteiger partial charge in [0.2, 0.25) is 11.8 Å². The van der Waals surface area contributed by atoms with E-state index >= 15 is 0 Å². The number of amides is 4. The van der Waals surface area contributed by atoms with Gasteiger partial charge in [-0.25, -0.2) is 0 Å². The topological polar surface area (TPSA) is 179 Å². The number of benzene rings is 2. The van der Waals surface area contributed by atoms with Gasteiger partial charge in [0.25, 0.3) is 11.8 Å². The van der Waals surface area contributed by atoms with Crippen molar-refractivity contribution in [3.05, 3.63) is 91.8 Å². The molecule has 7 rings (SSSR count). The lowest BCUT2D eigenvalue weighted by Crippen LogP contribution is -2.54. The largest absolute Gasteiger partial charge is 0.485 e. The molecule has 3 aliphatic rings. The van der Waals surface area contributed by atoms with E-state index in [0.717, 1.165) is 38.1 Å². The van der Waals surface area contributed by atoms with Crippen molar-refractivity contribution in [2.24, 2.45) is 4.99 Å². The summed E-state index contributed by atoms with van der Waals surface area (Å²) in [5.74, 6) is -1.11. The third-order valence-electron chi connectivity index (χ3n) is 10.6. The summed E-state index contributed by atoms with van der Waals surface area (Å²) < 4.78 is 13.5. The number of imide groups is 2. The number of fused-ring (bicyclic) bond motifs is 4. The highest BCUT2D eigenvalue weighted by molar-refractivity contribution is 7.15. The van der Waals surface area contributed by atoms with Crippen LogP contribution in [-0.2, 0) is 23.9 Å². The second-order valence-corrected chi connectivity index (χ2v) is 16.3. The van der Waals surface area contributed by atoms with Gasteiger partial charge >= 0.3 is 0 Å². The number of hydrogen-bond donors (Lipinski definition) is 1. The van der Waals surface area contributed by atoms with Gasteiger partial charge in [-0.3, -0.25) is 48.5 Å². The summed E-state index contributed by atoms with van der Waals surface area (Å²) in [6, 6.07) is 10.5. The van der Waals surface area contributed by atoms with E-state index in [1.165, 1.54) is 17.0 Å². The summed E-state index contributed by atoms with van der Waals surface area (Å²) in [6.45, 7) is 6.76. The van der Waals surface area contributed by atoms with E-state index in [1.54, 1.807) is 17.4 Å². The van der Waals surface area contributed by atoms with Crippen molar-refractivity contribution in [1.29, 1.82) is 0 Å². The standard InChI is InChI=1S/C42H43ClN6O8S/c1-23-24(2)58-42-35(23)37(26-13-15-27(43)16-14-26)44-31(38-47-46-25(3)48(38)42)21-28(50)9-4-6-19-56-20-7-5-10-29(51)22-57-33-12-8-11-30-36(33)41(55)49(40(30)54)32-17-18-34(52)45-39(32)53/h8,11-16,31-32H,4-7,9-10,17-22H2,1-3H3,(H,45,52,53)/t31-,32?/m0/s1. The summed E-state index contributed by atoms with van der Waals surface area (Å²) in [7, 11) is 0. The summed E-state index contributed by atoms with van der Waals surface area (Å²) >= 11 is 7.89. The Kier molecular flexibility index (Phi) is 12.4. The quantitative estimate of drug-likeness (QED) is 0.0957. The lowest BCUT2D eigenvalue weighted by molar-refractivity contribution is -0.136. The number of carbonyl (C=O) groups is 6. The molecule has 2 atom stereocenters. The molecule has 0 saturated carbocycles. The highest BCUT2D eigenvalue weighted by Crippen LogP contribution is 2.40. The molecule has 3 aliphatic heterocycles. The predicted octanol–water partition coefficient (Wildman–Crippen LogP) is 6.17. The van der Waals surface area contributed by atoms with Crippen LogP contribution in [0.5, 0.6) is 5.75 Å². The van der Waals surface area contributed by atoms with Crippen molar-refractivity contribution in [3.63, 3.8) is 0 Å². The van der Waals surface area contributed by atoms with Crippen LogP contribution in [0.3, 0.4) is 0 Å². The Morgan fingerprint density at radius 1 is 0.897 bits per heavy atom. The van der Waals surface area contributed by atoms with Crippen molar-refractivity contribution in [2.75, 3.05) is 19.8 Å². The molecule has 14 nitrogen and oxygen atoms in total. The maximum Gasteiger partial charge on any atom is 0.266 e. The van der Waals surface area contributed by atoms with E-state index in [0.29, 0.717) is 56.2 Å². The van der Waals surface area contributed by atoms with E-state index in [4.69, 9.17) is 26.1 Å². The van der Waals surface area contributed by atoms with Gasteiger partial charge in [0.05, 0.1) is 16.8 Å². The average Bonchev–Trinajstić information content (AvgIpc) is 3.77. The molecule has 4 aromatic rings. The minimum Gasteiger partial charge on any atom is -0.485 e. The first-order valence-electron chi connectivity index (χ1n) is 19.4. The molecule has 302 valence electrons. The van der Waals surface area contributed by atoms with Gasteiger partial charge in [0.15, 0.2) is 11.6 Å². The SMILES string of the molecule is Cc1sc2c(c1C)C(c1ccc(Cl)cc1)=N[C@@H](CC(=O)CCCCOCCCCC(=O)COc1cccc3c1C(=O)N(C1CCC(=O)NC1=O)C3=O)c1nnc(C)n1-2. The Morgan fingerprint density at radius 3 is 2.34 bits per heavy atom. The Bertz CT molecular complexity index is 2330. The summed E-state index contributed by atoms with van der Waals surface area (Å²) in [4.78, 5) is 83.4. The average molecular weight is 827 g/mol. The van der Waals surface area contributed by atoms with Crippen molar-refractivity contribution in [2.45, 2.75) is 90.6 Å². The summed E-state index contributed by atoms with van der Waals surface area (Å²) in [5.41, 5.74) is 3.97. The number of carbonyl (C=O) groups excluding carboxylic acids is 6. The first kappa shape index (κ1) is 40.8. The maximum absolute atomic E-state index is 13.3. The number of ketones is 2. The highest BCUT2D eigenvalue weighted by atomic mass is 35.5. The number of aromatic nitrogens is 3. The summed E-state index contributed by atoms with van der Waals surface area (Å²) in [5, 5.41) is 12.7. The zero-order valence-electron chi connectivity index (χ0n) is 32.5. The lowest BCUT2D eigenvalue weighted by atomic mass is 9.99. The van der Waals surface area contributed by atoms with Gasteiger partial charge in [-0.1, -0.05) is 29.8 Å². The number of nitrogens with one attached hydrogen (secondary N) is 1. The van der Waals surface area contributed by atoms with Gasteiger partial charge in [-0.2, -0.15) is 0 Å². The molecule has 5 heterocycles. The Labute approximate surface area is 344 Å². The van der Waals surface area contributed by atoms with Crippen molar-refractivity contribution < 1.29 is 38.2 Å². The number of hydrogen-bond acceptors (Lipinski definition) is 12. The minimum atomic E-state index is -1.09. The molecule has 0 bridgehead atoms. The zero-order chi connectivity index (χ0) is 41.1. The third kappa shape index (κ3) is 8.43. The zero-order valence-corrected chi connectivity index (χ0v) is 34.0. The number of unbranched alkanes of at least 4 members (excludes halogenated alkanes) is 2. The van der Waals surface area contributed by atoms with Gasteiger partial charge in [0.1, 0.15) is 41.0 Å². The maximum atomic E-state index is 13.3. The molecule has 2 aromatic carbocycles. The van der Waals surface area contributed by atoms with Gasteiger partial charge < -0.3 is 9.47 Å². The molecule has 1 fully saturated rings. The molecule has 0 aliphatic carbocycles. The molecule has 2 aromatic heterocycles. The van der Waals surface area contributed by atoms with Crippen LogP contribution in [0.1, 0.15) is 118 Å². The number of piperidine rings is 1. The van der Waals surface area contributed by atoms with Crippen LogP contribution < -0.4 is 10.1 Å². The van der Waals surface area contributed by atoms with E-state index in [-0.39, 0.29) is 60.7 Å². The van der Waals surface area contributed by atoms with Crippen molar-refractivity contribution in [1.82, 2.24) is 25.0 Å². The van der Waals surface area contributed by atoms with Gasteiger partial charge in [0, 0.05) is 59.9 Å². The van der Waals surface area contributed by atoms with E-state index in [2.05, 4.69) is 29.4 Å². The van der Waals surface area contributed by atoms with Gasteiger partial charge in [-0.15, -0.1) is 21.5 Å². The lowest BCUT2D eigenvalue weighted by Gasteiger charge is -2.27. The van der Waals surface area contributed by atoms with E-state index in [1.807, 2.05) is 35.8 Å². The van der Waals surface area contributed by atoms with Crippen LogP contribution in [0.2, 0.25) is 5.02 Å². The molecule has 0 spiro atoms. The molecule has 4 amide bonds. The van der Waals surface area contributed by atoms with Crippen LogP contribution in [0.15, 0.2) is 47.5 Å². The van der Waals surface area contributed by atoms with Crippen molar-refractivity contribution >= 4 is 63.8 Å². The fourth-order valence-corrected chi connectivity index (χ4v) is 8.78. The normalized spacial score (nSPS) is 17.4. The van der Waals surface area contributed by atoms with Crippen LogP contribution in [-0.4, -0.2) is 86.4 Å². The molecule has 1 saturated heterocycles. The number of rotatable bonds is 17. The van der Waals surface area contributed by atoms with Crippen LogP contribution >= 0.6 is 22.9 Å². The number of ether oxygens (including phenoxy) is 2. The Hall–Kier alpha value is -5.38. The second kappa shape index (κ2) is 17.6. The minimum absolute atomic E-state index is 0.00291. The number of halogens is 1. The Balaban J connectivity index is 0.833. The Morgan fingerprint density at radius 2 is 1.62 bits per heavy atom. The monoisotopic (exact) mass is 826 g/mol. The highest BCUT2D eigenvalue weighted by Gasteiger charge is 2.46. The van der Waals surface area contributed by atoms with Gasteiger partial charge in [-0.05, 0) is 82.7 Å². The molecule has 1 unspecified atom stereocenters. The van der Waals surface area contributed by atoms with Crippen molar-refractivity contribution in [3.8, 4) is 10.8 Å². The number of aliphatic imine (C=N–C) groups is 1.